The smallest absolute Gasteiger partial charge is 0.391 e. The number of carbonyl (C=O) groups is 1. The van der Waals surface area contributed by atoms with Crippen LogP contribution in [0, 0.1) is 5.95 Å². The van der Waals surface area contributed by atoms with E-state index in [2.05, 4.69) is 35.8 Å². The molecule has 1 aliphatic heterocycles. The normalized spacial score (nSPS) is 13.9. The quantitative estimate of drug-likeness (QED) is 0.190. The number of aryl methyl sites for hydroxylation is 1. The summed E-state index contributed by atoms with van der Waals surface area (Å²) in [6.07, 6.45) is 3.25. The number of aromatic nitrogens is 8. The molecule has 14 nitrogen and oxygen atoms in total. The second-order valence-electron chi connectivity index (χ2n) is 10.2. The highest BCUT2D eigenvalue weighted by Gasteiger charge is 2.29. The number of aromatic amines is 1. The van der Waals surface area contributed by atoms with Crippen LogP contribution in [-0.4, -0.2) is 78.8 Å². The molecular formula is C30H29ClFN9O5. The van der Waals surface area contributed by atoms with E-state index in [1.807, 2.05) is 13.0 Å². The summed E-state index contributed by atoms with van der Waals surface area (Å²) in [4.78, 5) is 36.8. The van der Waals surface area contributed by atoms with E-state index in [-0.39, 0.29) is 23.7 Å². The molecule has 6 rings (SSSR count). The van der Waals surface area contributed by atoms with Crippen molar-refractivity contribution in [2.24, 2.45) is 0 Å². The largest absolute Gasteiger partial charge is 0.414 e. The number of hydrogen-bond acceptors (Lipinski definition) is 10. The minimum Gasteiger partial charge on any atom is -0.391 e. The molecule has 0 radical (unpaired) electrons. The third kappa shape index (κ3) is 6.80. The lowest BCUT2D eigenvalue weighted by Crippen LogP contribution is -2.30. The summed E-state index contributed by atoms with van der Waals surface area (Å²) < 4.78 is 33.9. The first-order chi connectivity index (χ1) is 22.4. The van der Waals surface area contributed by atoms with Gasteiger partial charge in [-0.2, -0.15) is 9.07 Å². The van der Waals surface area contributed by atoms with Crippen LogP contribution in [0.3, 0.4) is 0 Å². The summed E-state index contributed by atoms with van der Waals surface area (Å²) in [5.41, 5.74) is 3.01. The van der Waals surface area contributed by atoms with Crippen LogP contribution in [-0.2, 0) is 15.9 Å². The van der Waals surface area contributed by atoms with Crippen molar-refractivity contribution < 1.29 is 23.4 Å². The second kappa shape index (κ2) is 14.0. The molecular weight excluding hydrogens is 621 g/mol. The van der Waals surface area contributed by atoms with Crippen LogP contribution in [0.1, 0.15) is 30.9 Å². The van der Waals surface area contributed by atoms with E-state index in [1.165, 1.54) is 29.3 Å². The van der Waals surface area contributed by atoms with Gasteiger partial charge in [0.2, 0.25) is 11.8 Å². The molecule has 0 unspecified atom stereocenters. The number of carbonyl (C=O) groups excluding carboxylic acids is 1. The number of fused-ring (bicyclic) bond motifs is 1. The molecule has 4 aromatic heterocycles. The summed E-state index contributed by atoms with van der Waals surface area (Å²) in [6, 6.07) is 11.2. The Hall–Kier alpha value is -4.99. The topological polar surface area (TPSA) is 164 Å². The second-order valence-corrected chi connectivity index (χ2v) is 10.6. The molecule has 0 saturated heterocycles. The molecule has 5 heterocycles. The predicted molar refractivity (Wildman–Crippen MR) is 163 cm³/mol. The van der Waals surface area contributed by atoms with Crippen LogP contribution in [0.15, 0.2) is 59.8 Å². The minimum absolute atomic E-state index is 0.0358. The number of rotatable bonds is 12. The molecule has 0 saturated carbocycles. The van der Waals surface area contributed by atoms with Gasteiger partial charge < -0.3 is 29.1 Å². The Labute approximate surface area is 266 Å². The van der Waals surface area contributed by atoms with Gasteiger partial charge in [-0.1, -0.05) is 11.6 Å². The number of pyridine rings is 2. The average molecular weight is 650 g/mol. The maximum Gasteiger partial charge on any atom is 0.414 e. The number of hydrogen-bond donors (Lipinski definition) is 2. The first-order valence-corrected chi connectivity index (χ1v) is 14.9. The lowest BCUT2D eigenvalue weighted by Gasteiger charge is -2.15. The highest BCUT2D eigenvalue weighted by molar-refractivity contribution is 6.31. The maximum atomic E-state index is 15.1. The Kier molecular flexibility index (Phi) is 9.42. The maximum absolute atomic E-state index is 15.1. The number of tetrazole rings is 1. The van der Waals surface area contributed by atoms with Crippen molar-refractivity contribution in [3.8, 4) is 34.0 Å². The molecule has 0 fully saturated rings. The number of amides is 1. The van der Waals surface area contributed by atoms with E-state index >= 15 is 4.39 Å². The number of benzene rings is 1. The SMILES string of the molecule is CCOCCOCCNC(=O)Oc1ccc(-c2[nH]c([C@@H]3CCc4cc(-c5cc(Cl)ccc5-n5cnnn5)cc(=O)n43)nc2F)cn1. The molecule has 16 heteroatoms. The lowest BCUT2D eigenvalue weighted by molar-refractivity contribution is 0.0541. The monoisotopic (exact) mass is 649 g/mol. The van der Waals surface area contributed by atoms with Crippen molar-refractivity contribution in [3.05, 3.63) is 87.8 Å². The zero-order valence-corrected chi connectivity index (χ0v) is 25.4. The van der Waals surface area contributed by atoms with Crippen molar-refractivity contribution in [1.82, 2.24) is 45.0 Å². The number of nitrogens with one attached hydrogen (secondary N) is 2. The van der Waals surface area contributed by atoms with Gasteiger partial charge in [0, 0.05) is 53.3 Å². The number of imidazole rings is 1. The van der Waals surface area contributed by atoms with E-state index in [1.54, 1.807) is 28.8 Å². The van der Waals surface area contributed by atoms with Crippen molar-refractivity contribution in [2.45, 2.75) is 25.8 Å². The highest BCUT2D eigenvalue weighted by atomic mass is 35.5. The fourth-order valence-corrected chi connectivity index (χ4v) is 5.42. The Morgan fingerprint density at radius 3 is 2.78 bits per heavy atom. The Balaban J connectivity index is 1.14. The molecule has 0 aliphatic carbocycles. The number of ether oxygens (including phenoxy) is 3. The van der Waals surface area contributed by atoms with Gasteiger partial charge in [0.25, 0.3) is 5.56 Å². The van der Waals surface area contributed by atoms with Crippen LogP contribution >= 0.6 is 11.6 Å². The molecule has 1 amide bonds. The highest BCUT2D eigenvalue weighted by Crippen LogP contribution is 2.35. The lowest BCUT2D eigenvalue weighted by atomic mass is 10.0. The zero-order chi connectivity index (χ0) is 32.0. The van der Waals surface area contributed by atoms with Gasteiger partial charge in [-0.05, 0) is 66.1 Å². The third-order valence-corrected chi connectivity index (χ3v) is 7.54. The Bertz CT molecular complexity index is 1880. The standard InChI is InChI=1S/C30H29ClFN9O5/c1-2-44-11-12-45-10-9-33-30(43)46-25-8-3-18(16-34-25)27-28(32)37-29(36-27)24-7-5-21-13-19(14-26(42)41(21)24)22-15-20(31)4-6-23(22)40-17-35-38-39-40/h3-4,6,8,13-17,24H,2,5,7,9-12H2,1H3,(H,33,43)(H,36,37)/t24-/m0/s1. The summed E-state index contributed by atoms with van der Waals surface area (Å²) in [7, 11) is 0. The first kappa shape index (κ1) is 31.0. The summed E-state index contributed by atoms with van der Waals surface area (Å²) >= 11 is 6.30. The van der Waals surface area contributed by atoms with Crippen molar-refractivity contribution >= 4 is 17.7 Å². The molecule has 1 aliphatic rings. The molecule has 1 aromatic carbocycles. The van der Waals surface area contributed by atoms with Crippen LogP contribution in [0.25, 0.3) is 28.1 Å². The van der Waals surface area contributed by atoms with Gasteiger partial charge in [0.05, 0.1) is 31.5 Å². The van der Waals surface area contributed by atoms with E-state index in [4.69, 9.17) is 25.8 Å². The van der Waals surface area contributed by atoms with Crippen LogP contribution in [0.5, 0.6) is 5.88 Å². The van der Waals surface area contributed by atoms with Gasteiger partial charge in [-0.3, -0.25) is 4.79 Å². The predicted octanol–water partition coefficient (Wildman–Crippen LogP) is 3.75. The van der Waals surface area contributed by atoms with Gasteiger partial charge in [-0.25, -0.2) is 14.8 Å². The average Bonchev–Trinajstić information content (AvgIpc) is 3.82. The summed E-state index contributed by atoms with van der Waals surface area (Å²) in [5.74, 6) is -0.397. The first-order valence-electron chi connectivity index (χ1n) is 14.5. The number of halogens is 2. The molecule has 1 atom stereocenters. The van der Waals surface area contributed by atoms with Crippen LogP contribution in [0.4, 0.5) is 9.18 Å². The Morgan fingerprint density at radius 1 is 1.13 bits per heavy atom. The summed E-state index contributed by atoms with van der Waals surface area (Å²) in [5, 5.41) is 14.4. The fraction of sp³-hybridized carbons (Fsp3) is 0.300. The van der Waals surface area contributed by atoms with Crippen LogP contribution < -0.4 is 15.6 Å². The Morgan fingerprint density at radius 2 is 2.00 bits per heavy atom. The molecule has 0 spiro atoms. The number of nitrogens with zero attached hydrogens (tertiary/aromatic N) is 7. The third-order valence-electron chi connectivity index (χ3n) is 7.31. The van der Waals surface area contributed by atoms with E-state index in [0.717, 1.165) is 5.69 Å². The fourth-order valence-electron chi connectivity index (χ4n) is 5.25. The van der Waals surface area contributed by atoms with Gasteiger partial charge in [0.1, 0.15) is 17.8 Å². The van der Waals surface area contributed by atoms with Crippen molar-refractivity contribution in [1.29, 1.82) is 0 Å². The van der Waals surface area contributed by atoms with Gasteiger partial charge in [-0.15, -0.1) is 5.10 Å². The molecule has 5 aromatic rings. The minimum atomic E-state index is -0.740. The molecule has 2 N–H and O–H groups in total. The zero-order valence-electron chi connectivity index (χ0n) is 24.7. The molecule has 238 valence electrons. The van der Waals surface area contributed by atoms with E-state index in [0.29, 0.717) is 72.5 Å². The molecule has 46 heavy (non-hydrogen) atoms. The molecule has 0 bridgehead atoms. The van der Waals surface area contributed by atoms with E-state index < -0.39 is 18.1 Å². The van der Waals surface area contributed by atoms with Gasteiger partial charge in [0.15, 0.2) is 0 Å². The summed E-state index contributed by atoms with van der Waals surface area (Å²) in [6.45, 7) is 3.99. The van der Waals surface area contributed by atoms with Gasteiger partial charge >= 0.3 is 6.09 Å². The van der Waals surface area contributed by atoms with E-state index in [9.17, 15) is 9.59 Å². The number of H-pyrrole nitrogens is 1. The van der Waals surface area contributed by atoms with Crippen molar-refractivity contribution in [2.75, 3.05) is 33.0 Å². The van der Waals surface area contributed by atoms with Crippen LogP contribution in [0.2, 0.25) is 5.02 Å². The van der Waals surface area contributed by atoms with Crippen molar-refractivity contribution in [3.63, 3.8) is 0 Å².